The van der Waals surface area contributed by atoms with Crippen molar-refractivity contribution < 1.29 is 4.74 Å². The highest BCUT2D eigenvalue weighted by molar-refractivity contribution is 5.47. The molecule has 0 aromatic carbocycles. The highest BCUT2D eigenvalue weighted by atomic mass is 16.5. The predicted octanol–water partition coefficient (Wildman–Crippen LogP) is 2.20. The Balaban J connectivity index is 2.02. The van der Waals surface area contributed by atoms with Crippen LogP contribution >= 0.6 is 0 Å². The average Bonchev–Trinajstić information content (AvgIpc) is 2.81. The zero-order valence-corrected chi connectivity index (χ0v) is 11.4. The van der Waals surface area contributed by atoms with Gasteiger partial charge in [-0.3, -0.25) is 0 Å². The molecule has 0 amide bonds. The average molecular weight is 250 g/mol. The number of nitrogens with zero attached hydrogens (tertiary/aromatic N) is 2. The van der Waals surface area contributed by atoms with Crippen molar-refractivity contribution in [2.45, 2.75) is 45.3 Å². The molecule has 0 saturated heterocycles. The highest BCUT2D eigenvalue weighted by Gasteiger charge is 2.24. The van der Waals surface area contributed by atoms with Crippen molar-refractivity contribution in [2.24, 2.45) is 0 Å². The first-order chi connectivity index (χ1) is 8.72. The van der Waals surface area contributed by atoms with E-state index in [0.717, 1.165) is 37.2 Å². The van der Waals surface area contributed by atoms with Crippen LogP contribution in [0.25, 0.3) is 0 Å². The number of aryl methyl sites for hydroxylation is 1. The Kier molecular flexibility index (Phi) is 4.36. The van der Waals surface area contributed by atoms with Gasteiger partial charge in [-0.15, -0.1) is 0 Å². The van der Waals surface area contributed by atoms with Crippen LogP contribution in [0.15, 0.2) is 6.20 Å². The molecule has 0 radical (unpaired) electrons. The summed E-state index contributed by atoms with van der Waals surface area (Å²) < 4.78 is 5.39. The molecule has 0 bridgehead atoms. The molecular weight excluding hydrogens is 228 g/mol. The van der Waals surface area contributed by atoms with Crippen LogP contribution in [0, 0.1) is 6.92 Å². The van der Waals surface area contributed by atoms with Crippen LogP contribution in [0.4, 0.5) is 11.8 Å². The minimum Gasteiger partial charge on any atom is -0.381 e. The molecule has 2 unspecified atom stereocenters. The summed E-state index contributed by atoms with van der Waals surface area (Å²) in [5, 5.41) is 6.63. The van der Waals surface area contributed by atoms with Gasteiger partial charge in [0.15, 0.2) is 0 Å². The smallest absolute Gasteiger partial charge is 0.224 e. The summed E-state index contributed by atoms with van der Waals surface area (Å²) in [5.41, 5.74) is 1.08. The van der Waals surface area contributed by atoms with Gasteiger partial charge in [-0.25, -0.2) is 4.98 Å². The van der Waals surface area contributed by atoms with Crippen molar-refractivity contribution in [2.75, 3.05) is 24.3 Å². The Hall–Kier alpha value is -1.36. The normalized spacial score (nSPS) is 23.1. The maximum absolute atomic E-state index is 5.39. The first kappa shape index (κ1) is 13.1. The minimum atomic E-state index is 0.387. The fourth-order valence-corrected chi connectivity index (χ4v) is 2.31. The zero-order valence-electron chi connectivity index (χ0n) is 11.4. The molecule has 18 heavy (non-hydrogen) atoms. The third-order valence-electron chi connectivity index (χ3n) is 3.37. The van der Waals surface area contributed by atoms with Gasteiger partial charge in [0.25, 0.3) is 0 Å². The summed E-state index contributed by atoms with van der Waals surface area (Å²) in [5.74, 6) is 1.62. The largest absolute Gasteiger partial charge is 0.381 e. The van der Waals surface area contributed by atoms with E-state index >= 15 is 0 Å². The van der Waals surface area contributed by atoms with Crippen molar-refractivity contribution >= 4 is 11.8 Å². The van der Waals surface area contributed by atoms with Crippen LogP contribution in [0.5, 0.6) is 0 Å². The van der Waals surface area contributed by atoms with Crippen molar-refractivity contribution in [1.29, 1.82) is 0 Å². The molecular formula is C13H22N4O. The summed E-state index contributed by atoms with van der Waals surface area (Å²) in [4.78, 5) is 8.75. The first-order valence-electron chi connectivity index (χ1n) is 6.59. The zero-order chi connectivity index (χ0) is 13.0. The van der Waals surface area contributed by atoms with E-state index in [1.165, 1.54) is 0 Å². The Morgan fingerprint density at radius 1 is 1.44 bits per heavy atom. The standard InChI is InChI=1S/C13H22N4O/c1-4-14-13-15-8-9(2)12(17-13)16-10-5-6-11(7-10)18-3/h8,10-11H,4-7H2,1-3H3,(H2,14,15,16,17). The Morgan fingerprint density at radius 3 is 2.94 bits per heavy atom. The van der Waals surface area contributed by atoms with Crippen molar-refractivity contribution in [1.82, 2.24) is 9.97 Å². The summed E-state index contributed by atoms with van der Waals surface area (Å²) in [6, 6.07) is 0.457. The molecule has 0 spiro atoms. The lowest BCUT2D eigenvalue weighted by Gasteiger charge is -2.16. The molecule has 1 aromatic heterocycles. The van der Waals surface area contributed by atoms with E-state index < -0.39 is 0 Å². The van der Waals surface area contributed by atoms with E-state index in [1.807, 2.05) is 20.0 Å². The lowest BCUT2D eigenvalue weighted by Crippen LogP contribution is -2.19. The van der Waals surface area contributed by atoms with Crippen molar-refractivity contribution in [3.05, 3.63) is 11.8 Å². The summed E-state index contributed by atoms with van der Waals surface area (Å²) >= 11 is 0. The number of hydrogen-bond donors (Lipinski definition) is 2. The maximum Gasteiger partial charge on any atom is 0.224 e. The molecule has 1 saturated carbocycles. The number of methoxy groups -OCH3 is 1. The number of hydrogen-bond acceptors (Lipinski definition) is 5. The summed E-state index contributed by atoms with van der Waals surface area (Å²) in [6.07, 6.45) is 5.56. The fraction of sp³-hybridized carbons (Fsp3) is 0.692. The molecule has 1 heterocycles. The van der Waals surface area contributed by atoms with Gasteiger partial charge < -0.3 is 15.4 Å². The van der Waals surface area contributed by atoms with Crippen molar-refractivity contribution in [3.8, 4) is 0 Å². The van der Waals surface area contributed by atoms with Gasteiger partial charge in [-0.2, -0.15) is 4.98 Å². The number of anilines is 2. The van der Waals surface area contributed by atoms with Gasteiger partial charge in [0.1, 0.15) is 5.82 Å². The fourth-order valence-electron chi connectivity index (χ4n) is 2.31. The molecule has 1 aliphatic carbocycles. The molecule has 0 aliphatic heterocycles. The van der Waals surface area contributed by atoms with Crippen LogP contribution in [0.1, 0.15) is 31.7 Å². The quantitative estimate of drug-likeness (QED) is 0.839. The molecule has 1 fully saturated rings. The number of ether oxygens (including phenoxy) is 1. The number of nitrogens with one attached hydrogen (secondary N) is 2. The van der Waals surface area contributed by atoms with Crippen molar-refractivity contribution in [3.63, 3.8) is 0 Å². The van der Waals surface area contributed by atoms with Gasteiger partial charge in [-0.1, -0.05) is 0 Å². The third kappa shape index (κ3) is 3.10. The first-order valence-corrected chi connectivity index (χ1v) is 6.59. The molecule has 2 atom stereocenters. The summed E-state index contributed by atoms with van der Waals surface area (Å²) in [7, 11) is 1.78. The van der Waals surface area contributed by atoms with E-state index in [2.05, 4.69) is 20.6 Å². The Morgan fingerprint density at radius 2 is 2.28 bits per heavy atom. The monoisotopic (exact) mass is 250 g/mol. The van der Waals surface area contributed by atoms with E-state index in [0.29, 0.717) is 18.1 Å². The number of aromatic nitrogens is 2. The second-order valence-electron chi connectivity index (χ2n) is 4.77. The van der Waals surface area contributed by atoms with Crippen LogP contribution in [-0.2, 0) is 4.74 Å². The van der Waals surface area contributed by atoms with Gasteiger partial charge in [0.2, 0.25) is 5.95 Å². The molecule has 2 N–H and O–H groups in total. The van der Waals surface area contributed by atoms with E-state index in [4.69, 9.17) is 4.74 Å². The van der Waals surface area contributed by atoms with E-state index in [1.54, 1.807) is 7.11 Å². The van der Waals surface area contributed by atoms with Crippen LogP contribution in [0.3, 0.4) is 0 Å². The van der Waals surface area contributed by atoms with Crippen LogP contribution in [-0.4, -0.2) is 35.8 Å². The second kappa shape index (κ2) is 6.00. The van der Waals surface area contributed by atoms with Gasteiger partial charge in [0.05, 0.1) is 6.10 Å². The SMILES string of the molecule is CCNc1ncc(C)c(NC2CCC(OC)C2)n1. The molecule has 1 aliphatic rings. The lowest BCUT2D eigenvalue weighted by atomic mass is 10.2. The predicted molar refractivity (Wildman–Crippen MR) is 73.0 cm³/mol. The molecule has 5 nitrogen and oxygen atoms in total. The topological polar surface area (TPSA) is 59.1 Å². The van der Waals surface area contributed by atoms with Gasteiger partial charge in [-0.05, 0) is 33.1 Å². The summed E-state index contributed by atoms with van der Waals surface area (Å²) in [6.45, 7) is 4.90. The van der Waals surface area contributed by atoms with E-state index in [9.17, 15) is 0 Å². The van der Waals surface area contributed by atoms with E-state index in [-0.39, 0.29) is 0 Å². The van der Waals surface area contributed by atoms with Crippen LogP contribution < -0.4 is 10.6 Å². The highest BCUT2D eigenvalue weighted by Crippen LogP contribution is 2.25. The third-order valence-corrected chi connectivity index (χ3v) is 3.37. The molecule has 5 heteroatoms. The van der Waals surface area contributed by atoms with Crippen LogP contribution in [0.2, 0.25) is 0 Å². The maximum atomic E-state index is 5.39. The molecule has 100 valence electrons. The molecule has 2 rings (SSSR count). The lowest BCUT2D eigenvalue weighted by molar-refractivity contribution is 0.108. The molecule has 1 aromatic rings. The number of rotatable bonds is 5. The minimum absolute atomic E-state index is 0.387. The van der Waals surface area contributed by atoms with Gasteiger partial charge in [0, 0.05) is 31.5 Å². The Labute approximate surface area is 108 Å². The Bertz CT molecular complexity index is 397. The second-order valence-corrected chi connectivity index (χ2v) is 4.77. The van der Waals surface area contributed by atoms with Gasteiger partial charge >= 0.3 is 0 Å².